The number of carbonyl (C=O) groups is 1. The van der Waals surface area contributed by atoms with Gasteiger partial charge in [-0.25, -0.2) is 13.1 Å². The van der Waals surface area contributed by atoms with E-state index in [1.807, 2.05) is 23.1 Å². The number of sulfonamides is 1. The van der Waals surface area contributed by atoms with Crippen molar-refractivity contribution in [3.63, 3.8) is 0 Å². The van der Waals surface area contributed by atoms with Gasteiger partial charge in [0, 0.05) is 13.1 Å². The van der Waals surface area contributed by atoms with Crippen LogP contribution in [0.2, 0.25) is 0 Å². The molecule has 2 aromatic carbocycles. The van der Waals surface area contributed by atoms with Gasteiger partial charge in [-0.15, -0.1) is 0 Å². The van der Waals surface area contributed by atoms with Crippen molar-refractivity contribution in [3.8, 4) is 0 Å². The van der Waals surface area contributed by atoms with Crippen LogP contribution >= 0.6 is 0 Å². The lowest BCUT2D eigenvalue weighted by atomic mass is 9.99. The molecule has 2 aromatic rings. The third-order valence-corrected chi connectivity index (χ3v) is 7.14. The second-order valence-corrected chi connectivity index (χ2v) is 9.49. The average molecular weight is 443 g/mol. The molecule has 3 atom stereocenters. The van der Waals surface area contributed by atoms with Crippen molar-refractivity contribution in [2.24, 2.45) is 0 Å². The number of benzene rings is 2. The summed E-state index contributed by atoms with van der Waals surface area (Å²) in [4.78, 5) is 14.8. The summed E-state index contributed by atoms with van der Waals surface area (Å²) in [6, 6.07) is 15.4. The van der Waals surface area contributed by atoms with Crippen LogP contribution in [0.3, 0.4) is 0 Å². The lowest BCUT2D eigenvalue weighted by Crippen LogP contribution is -2.49. The molecular weight excluding hydrogens is 416 g/mol. The van der Waals surface area contributed by atoms with Gasteiger partial charge in [0.05, 0.1) is 30.1 Å². The van der Waals surface area contributed by atoms with Crippen molar-refractivity contribution in [2.75, 3.05) is 13.2 Å². The van der Waals surface area contributed by atoms with Gasteiger partial charge in [-0.1, -0.05) is 54.6 Å². The van der Waals surface area contributed by atoms with Crippen LogP contribution < -0.4 is 4.72 Å². The molecule has 0 spiro atoms. The van der Waals surface area contributed by atoms with Crippen LogP contribution in [0, 0.1) is 0 Å². The number of carbonyl (C=O) groups excluding carboxylic acids is 1. The minimum Gasteiger partial charge on any atom is -0.394 e. The molecule has 0 unspecified atom stereocenters. The summed E-state index contributed by atoms with van der Waals surface area (Å²) in [5.41, 5.74) is 2.43. The van der Waals surface area contributed by atoms with Gasteiger partial charge in [0.15, 0.2) is 0 Å². The maximum absolute atomic E-state index is 12.8. The van der Waals surface area contributed by atoms with E-state index in [1.54, 1.807) is 30.4 Å². The first kappa shape index (κ1) is 21.7. The van der Waals surface area contributed by atoms with Crippen LogP contribution in [0.15, 0.2) is 71.6 Å². The van der Waals surface area contributed by atoms with Crippen molar-refractivity contribution in [1.29, 1.82) is 0 Å². The third-order valence-electron chi connectivity index (χ3n) is 5.67. The van der Waals surface area contributed by atoms with Crippen LogP contribution in [0.1, 0.15) is 17.5 Å². The highest BCUT2D eigenvalue weighted by molar-refractivity contribution is 7.89. The third kappa shape index (κ3) is 5.04. The minimum atomic E-state index is -3.76. The molecule has 7 nitrogen and oxygen atoms in total. The van der Waals surface area contributed by atoms with E-state index in [2.05, 4.69) is 10.8 Å². The number of hydrogen-bond acceptors (Lipinski definition) is 5. The minimum absolute atomic E-state index is 0.0239. The lowest BCUT2D eigenvalue weighted by molar-refractivity contribution is -0.136. The first-order valence-corrected chi connectivity index (χ1v) is 11.8. The zero-order valence-corrected chi connectivity index (χ0v) is 17.9. The van der Waals surface area contributed by atoms with Gasteiger partial charge in [0.1, 0.15) is 6.10 Å². The van der Waals surface area contributed by atoms with Gasteiger partial charge in [0.25, 0.3) is 0 Å². The van der Waals surface area contributed by atoms with E-state index >= 15 is 0 Å². The van der Waals surface area contributed by atoms with Gasteiger partial charge in [0.2, 0.25) is 15.9 Å². The largest absolute Gasteiger partial charge is 0.394 e. The summed E-state index contributed by atoms with van der Waals surface area (Å²) in [6.07, 6.45) is 3.04. The van der Waals surface area contributed by atoms with Gasteiger partial charge in [-0.05, 0) is 29.7 Å². The Bertz CT molecular complexity index is 1050. The standard InChI is InChI=1S/C23H26N2O5S/c26-16-22-21(24-31(28,29)20-8-2-1-3-9-20)11-10-19(30-22)14-23(27)25-13-12-17-6-4-5-7-18(17)15-25/h1-11,19,21-22,24,26H,12-16H2/t19-,21+,22-/m1/s1. The molecule has 8 heteroatoms. The molecule has 0 bridgehead atoms. The molecule has 4 rings (SSSR count). The summed E-state index contributed by atoms with van der Waals surface area (Å²) in [5.74, 6) is -0.0239. The molecular formula is C23H26N2O5S. The van der Waals surface area contributed by atoms with Crippen LogP contribution in [-0.4, -0.2) is 55.7 Å². The molecule has 0 radical (unpaired) electrons. The number of nitrogens with zero attached hydrogens (tertiary/aromatic N) is 1. The second-order valence-electron chi connectivity index (χ2n) is 7.78. The topological polar surface area (TPSA) is 95.9 Å². The fraction of sp³-hybridized carbons (Fsp3) is 0.348. The molecule has 0 saturated heterocycles. The van der Waals surface area contributed by atoms with Gasteiger partial charge in [-0.3, -0.25) is 4.79 Å². The Morgan fingerprint density at radius 1 is 1.06 bits per heavy atom. The Kier molecular flexibility index (Phi) is 6.52. The number of hydrogen-bond donors (Lipinski definition) is 2. The number of ether oxygens (including phenoxy) is 1. The number of rotatable bonds is 6. The number of aliphatic hydroxyl groups is 1. The molecule has 2 aliphatic heterocycles. The monoisotopic (exact) mass is 442 g/mol. The normalized spacial score (nSPS) is 23.4. The summed E-state index contributed by atoms with van der Waals surface area (Å²) in [7, 11) is -3.76. The number of aliphatic hydroxyl groups excluding tert-OH is 1. The molecule has 0 saturated carbocycles. The summed E-state index contributed by atoms with van der Waals surface area (Å²) >= 11 is 0. The van der Waals surface area contributed by atoms with E-state index < -0.39 is 28.3 Å². The highest BCUT2D eigenvalue weighted by Crippen LogP contribution is 2.22. The molecule has 2 heterocycles. The molecule has 0 aliphatic carbocycles. The van der Waals surface area contributed by atoms with Crippen LogP contribution in [-0.2, 0) is 32.5 Å². The molecule has 164 valence electrons. The van der Waals surface area contributed by atoms with Crippen molar-refractivity contribution in [2.45, 2.75) is 42.5 Å². The Hall–Kier alpha value is -2.52. The number of nitrogens with one attached hydrogen (secondary N) is 1. The fourth-order valence-electron chi connectivity index (χ4n) is 3.97. The zero-order chi connectivity index (χ0) is 21.8. The van der Waals surface area contributed by atoms with Crippen molar-refractivity contribution in [3.05, 3.63) is 77.9 Å². The summed E-state index contributed by atoms with van der Waals surface area (Å²) in [6.45, 7) is 0.873. The molecule has 2 aliphatic rings. The van der Waals surface area contributed by atoms with E-state index in [-0.39, 0.29) is 23.8 Å². The Morgan fingerprint density at radius 2 is 1.77 bits per heavy atom. The van der Waals surface area contributed by atoms with Crippen LogP contribution in [0.5, 0.6) is 0 Å². The van der Waals surface area contributed by atoms with E-state index in [1.165, 1.54) is 17.7 Å². The maximum Gasteiger partial charge on any atom is 0.241 e. The van der Waals surface area contributed by atoms with E-state index in [0.29, 0.717) is 13.1 Å². The molecule has 2 N–H and O–H groups in total. The molecule has 0 fully saturated rings. The molecule has 31 heavy (non-hydrogen) atoms. The zero-order valence-electron chi connectivity index (χ0n) is 17.1. The highest BCUT2D eigenvalue weighted by Gasteiger charge is 2.32. The van der Waals surface area contributed by atoms with E-state index in [0.717, 1.165) is 12.0 Å². The van der Waals surface area contributed by atoms with Crippen LogP contribution in [0.25, 0.3) is 0 Å². The second kappa shape index (κ2) is 9.32. The summed E-state index contributed by atoms with van der Waals surface area (Å²) in [5, 5.41) is 9.75. The SMILES string of the molecule is O=C(C[C@H]1C=C[C@H](NS(=O)(=O)c2ccccc2)[C@@H](CO)O1)N1CCc2ccccc2C1. The van der Waals surface area contributed by atoms with Crippen molar-refractivity contribution < 1.29 is 23.1 Å². The average Bonchev–Trinajstić information content (AvgIpc) is 2.80. The first-order valence-electron chi connectivity index (χ1n) is 10.3. The molecule has 1 amide bonds. The van der Waals surface area contributed by atoms with Crippen molar-refractivity contribution >= 4 is 15.9 Å². The maximum atomic E-state index is 12.8. The fourth-order valence-corrected chi connectivity index (χ4v) is 5.21. The quantitative estimate of drug-likeness (QED) is 0.663. The van der Waals surface area contributed by atoms with Gasteiger partial charge < -0.3 is 14.7 Å². The smallest absolute Gasteiger partial charge is 0.241 e. The summed E-state index contributed by atoms with van der Waals surface area (Å²) < 4.78 is 33.6. The highest BCUT2D eigenvalue weighted by atomic mass is 32.2. The van der Waals surface area contributed by atoms with E-state index in [4.69, 9.17) is 4.74 Å². The van der Waals surface area contributed by atoms with Crippen molar-refractivity contribution in [1.82, 2.24) is 9.62 Å². The first-order chi connectivity index (χ1) is 15.0. The Balaban J connectivity index is 1.39. The Morgan fingerprint density at radius 3 is 2.52 bits per heavy atom. The number of fused-ring (bicyclic) bond motifs is 1. The Labute approximate surface area is 182 Å². The number of amides is 1. The van der Waals surface area contributed by atoms with Crippen LogP contribution in [0.4, 0.5) is 0 Å². The predicted octanol–water partition coefficient (Wildman–Crippen LogP) is 1.62. The van der Waals surface area contributed by atoms with Gasteiger partial charge >= 0.3 is 0 Å². The molecule has 0 aromatic heterocycles. The van der Waals surface area contributed by atoms with Gasteiger partial charge in [-0.2, -0.15) is 0 Å². The lowest BCUT2D eigenvalue weighted by Gasteiger charge is -2.33. The van der Waals surface area contributed by atoms with E-state index in [9.17, 15) is 18.3 Å². The predicted molar refractivity (Wildman–Crippen MR) is 116 cm³/mol.